The Morgan fingerprint density at radius 2 is 2.12 bits per heavy atom. The van der Waals surface area contributed by atoms with E-state index in [1.807, 2.05) is 42.3 Å². The largest absolute Gasteiger partial charge is 0.495 e. The highest BCUT2D eigenvalue weighted by atomic mass is 19.1. The Morgan fingerprint density at radius 1 is 1.27 bits per heavy atom. The van der Waals surface area contributed by atoms with Gasteiger partial charge in [-0.05, 0) is 38.0 Å². The lowest BCUT2D eigenvalue weighted by Crippen LogP contribution is -2.41. The molecule has 0 aliphatic carbocycles. The van der Waals surface area contributed by atoms with Gasteiger partial charge in [0.25, 0.3) is 0 Å². The van der Waals surface area contributed by atoms with E-state index in [4.69, 9.17) is 9.47 Å². The van der Waals surface area contributed by atoms with Gasteiger partial charge in [-0.1, -0.05) is 18.2 Å². The number of aryl methyl sites for hydroxylation is 1. The molecule has 0 saturated carbocycles. The maximum absolute atomic E-state index is 15.1. The minimum atomic E-state index is -0.411. The number of piperidine rings is 1. The molecular weight excluding hydrogens is 421 g/mol. The van der Waals surface area contributed by atoms with Crippen LogP contribution >= 0.6 is 0 Å². The third-order valence-corrected chi connectivity index (χ3v) is 6.30. The zero-order chi connectivity index (χ0) is 22.9. The fourth-order valence-electron chi connectivity index (χ4n) is 4.69. The standard InChI is InChI=1S/C26H26FN3O3/c1-17-15-29(16-28-17)23-14-21(27)19(13-25(23)32-2)12-18-6-5-10-30(26(18)31)22-9-11-33-24-8-4-3-7-20(22)24/h3-4,7-8,12-16,22H,5-6,9-11H2,1-2H3/b18-12+/t22-/m0/s1. The van der Waals surface area contributed by atoms with Crippen LogP contribution in [0.15, 0.2) is 54.5 Å². The number of rotatable bonds is 4. The maximum Gasteiger partial charge on any atom is 0.250 e. The summed E-state index contributed by atoms with van der Waals surface area (Å²) in [6.07, 6.45) is 7.30. The molecule has 33 heavy (non-hydrogen) atoms. The number of likely N-dealkylation sites (tertiary alicyclic amines) is 1. The molecule has 0 spiro atoms. The Hall–Kier alpha value is -3.61. The molecule has 6 nitrogen and oxygen atoms in total. The summed E-state index contributed by atoms with van der Waals surface area (Å²) in [5, 5.41) is 0. The Morgan fingerprint density at radius 3 is 2.91 bits per heavy atom. The van der Waals surface area contributed by atoms with Crippen LogP contribution in [0.2, 0.25) is 0 Å². The molecule has 0 unspecified atom stereocenters. The first-order chi connectivity index (χ1) is 16.0. The lowest BCUT2D eigenvalue weighted by molar-refractivity contribution is -0.131. The smallest absolute Gasteiger partial charge is 0.250 e. The fraction of sp³-hybridized carbons (Fsp3) is 0.308. The van der Waals surface area contributed by atoms with E-state index in [1.165, 1.54) is 6.07 Å². The van der Waals surface area contributed by atoms with Gasteiger partial charge in [0.2, 0.25) is 5.91 Å². The summed E-state index contributed by atoms with van der Waals surface area (Å²) in [4.78, 5) is 19.6. The summed E-state index contributed by atoms with van der Waals surface area (Å²) in [6.45, 7) is 3.13. The number of ether oxygens (including phenoxy) is 2. The second-order valence-electron chi connectivity index (χ2n) is 8.43. The van der Waals surface area contributed by atoms with Crippen LogP contribution in [0.25, 0.3) is 11.8 Å². The number of nitrogens with zero attached hydrogens (tertiary/aromatic N) is 3. The summed E-state index contributed by atoms with van der Waals surface area (Å²) in [7, 11) is 1.55. The lowest BCUT2D eigenvalue weighted by Gasteiger charge is -2.38. The average molecular weight is 448 g/mol. The molecule has 7 heteroatoms. The van der Waals surface area contributed by atoms with Crippen molar-refractivity contribution in [2.24, 2.45) is 0 Å². The van der Waals surface area contributed by atoms with Crippen molar-refractivity contribution in [2.75, 3.05) is 20.3 Å². The number of amides is 1. The van der Waals surface area contributed by atoms with Crippen LogP contribution in [0.1, 0.15) is 42.1 Å². The number of hydrogen-bond donors (Lipinski definition) is 0. The van der Waals surface area contributed by atoms with Crippen molar-refractivity contribution >= 4 is 12.0 Å². The minimum absolute atomic E-state index is 0.0302. The van der Waals surface area contributed by atoms with Crippen LogP contribution in [-0.2, 0) is 4.79 Å². The number of methoxy groups -OCH3 is 1. The number of hydrogen-bond acceptors (Lipinski definition) is 4. The highest BCUT2D eigenvalue weighted by Gasteiger charge is 2.33. The quantitative estimate of drug-likeness (QED) is 0.536. The van der Waals surface area contributed by atoms with Gasteiger partial charge < -0.3 is 18.9 Å². The molecule has 170 valence electrons. The predicted octanol–water partition coefficient (Wildman–Crippen LogP) is 4.86. The van der Waals surface area contributed by atoms with E-state index < -0.39 is 5.82 Å². The molecule has 0 N–H and O–H groups in total. The van der Waals surface area contributed by atoms with Crippen LogP contribution in [-0.4, -0.2) is 40.6 Å². The number of carbonyl (C=O) groups is 1. The van der Waals surface area contributed by atoms with E-state index in [1.54, 1.807) is 30.1 Å². The molecule has 1 amide bonds. The molecule has 1 aromatic heterocycles. The molecule has 5 rings (SSSR count). The molecule has 1 atom stereocenters. The second kappa shape index (κ2) is 8.73. The van der Waals surface area contributed by atoms with E-state index in [9.17, 15) is 4.79 Å². The third-order valence-electron chi connectivity index (χ3n) is 6.30. The SMILES string of the molecule is COc1cc(/C=C2\CCCN([C@H]3CCOc4ccccc43)C2=O)c(F)cc1-n1cnc(C)c1. The number of carbonyl (C=O) groups excluding carboxylic acids is 1. The first-order valence-electron chi connectivity index (χ1n) is 11.2. The first-order valence-corrected chi connectivity index (χ1v) is 11.2. The highest BCUT2D eigenvalue weighted by Crippen LogP contribution is 2.38. The van der Waals surface area contributed by atoms with Gasteiger partial charge in [0.15, 0.2) is 0 Å². The monoisotopic (exact) mass is 447 g/mol. The van der Waals surface area contributed by atoms with Crippen molar-refractivity contribution in [3.05, 3.63) is 77.1 Å². The maximum atomic E-state index is 15.1. The molecule has 2 aromatic carbocycles. The van der Waals surface area contributed by atoms with Crippen molar-refractivity contribution in [3.63, 3.8) is 0 Å². The molecular formula is C26H26FN3O3. The van der Waals surface area contributed by atoms with Gasteiger partial charge in [-0.15, -0.1) is 0 Å². The molecule has 3 aromatic rings. The van der Waals surface area contributed by atoms with Gasteiger partial charge >= 0.3 is 0 Å². The number of aromatic nitrogens is 2. The van der Waals surface area contributed by atoms with E-state index in [0.29, 0.717) is 42.1 Å². The summed E-state index contributed by atoms with van der Waals surface area (Å²) in [5.41, 5.74) is 3.37. The van der Waals surface area contributed by atoms with Crippen LogP contribution < -0.4 is 9.47 Å². The number of imidazole rings is 1. The first kappa shape index (κ1) is 21.2. The number of fused-ring (bicyclic) bond motifs is 1. The zero-order valence-electron chi connectivity index (χ0n) is 18.8. The van der Waals surface area contributed by atoms with E-state index in [-0.39, 0.29) is 11.9 Å². The van der Waals surface area contributed by atoms with E-state index in [2.05, 4.69) is 4.98 Å². The van der Waals surface area contributed by atoms with Crippen LogP contribution in [0.3, 0.4) is 0 Å². The molecule has 3 heterocycles. The summed E-state index contributed by atoms with van der Waals surface area (Å²) >= 11 is 0. The number of para-hydroxylation sites is 1. The highest BCUT2D eigenvalue weighted by molar-refractivity contribution is 5.99. The summed E-state index contributed by atoms with van der Waals surface area (Å²) in [5.74, 6) is 0.888. The van der Waals surface area contributed by atoms with Crippen molar-refractivity contribution in [3.8, 4) is 17.2 Å². The Labute approximate surface area is 192 Å². The van der Waals surface area contributed by atoms with Crippen molar-refractivity contribution in [2.45, 2.75) is 32.2 Å². The molecule has 0 bridgehead atoms. The Bertz CT molecular complexity index is 1230. The molecule has 2 aliphatic rings. The predicted molar refractivity (Wildman–Crippen MR) is 123 cm³/mol. The number of halogens is 1. The summed E-state index contributed by atoms with van der Waals surface area (Å²) < 4.78 is 28.1. The van der Waals surface area contributed by atoms with Crippen LogP contribution in [0.5, 0.6) is 11.5 Å². The van der Waals surface area contributed by atoms with Crippen molar-refractivity contribution < 1.29 is 18.7 Å². The molecule has 0 radical (unpaired) electrons. The Balaban J connectivity index is 1.47. The zero-order valence-corrected chi connectivity index (χ0v) is 18.8. The summed E-state index contributed by atoms with van der Waals surface area (Å²) in [6, 6.07) is 10.9. The van der Waals surface area contributed by atoms with Gasteiger partial charge in [-0.25, -0.2) is 9.37 Å². The van der Waals surface area contributed by atoms with Crippen molar-refractivity contribution in [1.29, 1.82) is 0 Å². The second-order valence-corrected chi connectivity index (χ2v) is 8.43. The molecule has 1 saturated heterocycles. The van der Waals surface area contributed by atoms with Gasteiger partial charge in [0.1, 0.15) is 17.3 Å². The average Bonchev–Trinajstić information content (AvgIpc) is 3.27. The normalized spacial score (nSPS) is 19.4. The molecule has 2 aliphatic heterocycles. The topological polar surface area (TPSA) is 56.6 Å². The van der Waals surface area contributed by atoms with Gasteiger partial charge in [-0.2, -0.15) is 0 Å². The van der Waals surface area contributed by atoms with E-state index >= 15 is 4.39 Å². The lowest BCUT2D eigenvalue weighted by atomic mass is 9.93. The van der Waals surface area contributed by atoms with Crippen LogP contribution in [0.4, 0.5) is 4.39 Å². The molecule has 1 fully saturated rings. The number of benzene rings is 2. The van der Waals surface area contributed by atoms with Crippen LogP contribution in [0, 0.1) is 12.7 Å². The third kappa shape index (κ3) is 3.99. The Kier molecular flexibility index (Phi) is 5.62. The van der Waals surface area contributed by atoms with Crippen molar-refractivity contribution in [1.82, 2.24) is 14.5 Å². The fourth-order valence-corrected chi connectivity index (χ4v) is 4.69. The minimum Gasteiger partial charge on any atom is -0.495 e. The van der Waals surface area contributed by atoms with Gasteiger partial charge in [-0.3, -0.25) is 4.79 Å². The van der Waals surface area contributed by atoms with Gasteiger partial charge in [0, 0.05) is 41.9 Å². The van der Waals surface area contributed by atoms with E-state index in [0.717, 1.165) is 29.8 Å². The van der Waals surface area contributed by atoms with Gasteiger partial charge in [0.05, 0.1) is 37.5 Å².